The second-order valence-electron chi connectivity index (χ2n) is 6.91. The Hall–Kier alpha value is -3.57. The van der Waals surface area contributed by atoms with Gasteiger partial charge in [0, 0.05) is 33.7 Å². The summed E-state index contributed by atoms with van der Waals surface area (Å²) in [7, 11) is 0. The molecule has 3 N–H and O–H groups in total. The molecule has 0 atom stereocenters. The predicted octanol–water partition coefficient (Wildman–Crippen LogP) is 5.18. The van der Waals surface area contributed by atoms with Crippen molar-refractivity contribution in [3.05, 3.63) is 88.4 Å². The molecular formula is C23H17ClN4O. The van der Waals surface area contributed by atoms with Gasteiger partial charge >= 0.3 is 0 Å². The third-order valence-corrected chi connectivity index (χ3v) is 5.22. The van der Waals surface area contributed by atoms with E-state index in [1.807, 2.05) is 66.7 Å². The second-order valence-corrected chi connectivity index (χ2v) is 7.35. The van der Waals surface area contributed by atoms with Crippen molar-refractivity contribution < 1.29 is 4.79 Å². The van der Waals surface area contributed by atoms with Crippen LogP contribution in [0.25, 0.3) is 22.2 Å². The molecule has 0 radical (unpaired) electrons. The molecule has 1 amide bonds. The summed E-state index contributed by atoms with van der Waals surface area (Å²) in [5.74, 6) is -0.227. The Morgan fingerprint density at radius 3 is 2.69 bits per heavy atom. The van der Waals surface area contributed by atoms with Crippen molar-refractivity contribution in [2.45, 2.75) is 6.54 Å². The first-order valence-electron chi connectivity index (χ1n) is 9.26. The number of hydrogen-bond acceptors (Lipinski definition) is 3. The van der Waals surface area contributed by atoms with Crippen LogP contribution in [-0.2, 0) is 6.54 Å². The lowest BCUT2D eigenvalue weighted by atomic mass is 10.0. The minimum atomic E-state index is -0.227. The largest absolute Gasteiger partial charge is 0.381 e. The van der Waals surface area contributed by atoms with E-state index in [9.17, 15) is 4.79 Å². The van der Waals surface area contributed by atoms with Gasteiger partial charge in [-0.1, -0.05) is 54.1 Å². The van der Waals surface area contributed by atoms with E-state index >= 15 is 0 Å². The number of aromatic nitrogens is 1. The van der Waals surface area contributed by atoms with Crippen molar-refractivity contribution in [3.8, 4) is 11.3 Å². The number of carbonyl (C=O) groups is 1. The first-order chi connectivity index (χ1) is 14.2. The number of amides is 1. The van der Waals surface area contributed by atoms with E-state index < -0.39 is 0 Å². The van der Waals surface area contributed by atoms with E-state index in [0.717, 1.165) is 39.0 Å². The van der Waals surface area contributed by atoms with E-state index in [0.29, 0.717) is 17.1 Å². The van der Waals surface area contributed by atoms with Crippen molar-refractivity contribution in [3.63, 3.8) is 0 Å². The number of rotatable bonds is 4. The minimum absolute atomic E-state index is 0.227. The number of benzene rings is 3. The highest BCUT2D eigenvalue weighted by molar-refractivity contribution is 6.30. The fraction of sp³-hybridized carbons (Fsp3) is 0.0435. The topological polar surface area (TPSA) is 69.3 Å². The molecule has 29 heavy (non-hydrogen) atoms. The highest BCUT2D eigenvalue weighted by Gasteiger charge is 2.21. The Labute approximate surface area is 172 Å². The Morgan fingerprint density at radius 1 is 1.00 bits per heavy atom. The molecule has 2 heterocycles. The van der Waals surface area contributed by atoms with Gasteiger partial charge in [0.15, 0.2) is 0 Å². The zero-order chi connectivity index (χ0) is 19.8. The molecule has 0 spiro atoms. The molecule has 142 valence electrons. The maximum Gasteiger partial charge on any atom is 0.272 e. The number of aromatic amines is 1. The summed E-state index contributed by atoms with van der Waals surface area (Å²) in [6, 6.07) is 21.6. The molecule has 1 aliphatic heterocycles. The number of nitrogens with one attached hydrogen (secondary N) is 3. The normalized spacial score (nSPS) is 12.7. The summed E-state index contributed by atoms with van der Waals surface area (Å²) in [6.45, 7) is 0.600. The van der Waals surface area contributed by atoms with E-state index in [2.05, 4.69) is 20.8 Å². The van der Waals surface area contributed by atoms with Gasteiger partial charge in [-0.25, -0.2) is 5.43 Å². The average Bonchev–Trinajstić information content (AvgIpc) is 3.02. The van der Waals surface area contributed by atoms with Crippen LogP contribution in [-0.4, -0.2) is 17.1 Å². The molecule has 0 aliphatic carbocycles. The van der Waals surface area contributed by atoms with Crippen molar-refractivity contribution in [1.82, 2.24) is 10.4 Å². The van der Waals surface area contributed by atoms with Gasteiger partial charge < -0.3 is 10.3 Å². The number of carbonyl (C=O) groups excluding carboxylic acids is 1. The number of H-pyrrole nitrogens is 1. The lowest BCUT2D eigenvalue weighted by molar-refractivity contribution is 0.0957. The number of hydrazone groups is 1. The van der Waals surface area contributed by atoms with E-state index in [1.54, 1.807) is 6.21 Å². The average molecular weight is 401 g/mol. The smallest absolute Gasteiger partial charge is 0.272 e. The number of halogens is 1. The van der Waals surface area contributed by atoms with Crippen LogP contribution >= 0.6 is 11.6 Å². The van der Waals surface area contributed by atoms with Crippen LogP contribution in [0, 0.1) is 0 Å². The molecule has 5 nitrogen and oxygen atoms in total. The number of anilines is 1. The van der Waals surface area contributed by atoms with Gasteiger partial charge in [-0.15, -0.1) is 0 Å². The van der Waals surface area contributed by atoms with Crippen molar-refractivity contribution in [1.29, 1.82) is 0 Å². The molecular weight excluding hydrogens is 384 g/mol. The van der Waals surface area contributed by atoms with Gasteiger partial charge in [0.05, 0.1) is 17.5 Å². The SMILES string of the molecule is O=C1NN=Cc2c(-c3ccccc3)[nH]c3cc(NCc4cccc(Cl)c4)cc1c23. The van der Waals surface area contributed by atoms with Gasteiger partial charge in [0.25, 0.3) is 5.91 Å². The Bertz CT molecular complexity index is 1260. The zero-order valence-corrected chi connectivity index (χ0v) is 16.1. The van der Waals surface area contributed by atoms with Crippen molar-refractivity contribution >= 4 is 40.3 Å². The first-order valence-corrected chi connectivity index (χ1v) is 9.64. The van der Waals surface area contributed by atoms with Crippen LogP contribution < -0.4 is 10.7 Å². The first kappa shape index (κ1) is 17.5. The molecule has 1 aromatic heterocycles. The number of nitrogens with zero attached hydrogens (tertiary/aromatic N) is 1. The highest BCUT2D eigenvalue weighted by atomic mass is 35.5. The summed E-state index contributed by atoms with van der Waals surface area (Å²) in [6.07, 6.45) is 1.70. The monoisotopic (exact) mass is 400 g/mol. The second kappa shape index (κ2) is 7.11. The third-order valence-electron chi connectivity index (χ3n) is 4.99. The van der Waals surface area contributed by atoms with E-state index in [-0.39, 0.29) is 5.91 Å². The van der Waals surface area contributed by atoms with Gasteiger partial charge in [0.2, 0.25) is 0 Å². The van der Waals surface area contributed by atoms with E-state index in [4.69, 9.17) is 11.6 Å². The summed E-state index contributed by atoms with van der Waals surface area (Å²) in [5, 5.41) is 9.06. The summed E-state index contributed by atoms with van der Waals surface area (Å²) < 4.78 is 0. The molecule has 5 rings (SSSR count). The molecule has 1 aliphatic rings. The summed E-state index contributed by atoms with van der Waals surface area (Å²) in [4.78, 5) is 16.1. The maximum atomic E-state index is 12.6. The maximum absolute atomic E-state index is 12.6. The Morgan fingerprint density at radius 2 is 1.86 bits per heavy atom. The molecule has 0 saturated heterocycles. The van der Waals surface area contributed by atoms with Crippen LogP contribution in [0.15, 0.2) is 71.8 Å². The molecule has 0 saturated carbocycles. The molecule has 0 unspecified atom stereocenters. The molecule has 3 aromatic carbocycles. The van der Waals surface area contributed by atoms with Gasteiger partial charge in [-0.05, 0) is 35.4 Å². The predicted molar refractivity (Wildman–Crippen MR) is 118 cm³/mol. The molecule has 0 fully saturated rings. The quantitative estimate of drug-likeness (QED) is 0.442. The van der Waals surface area contributed by atoms with Crippen LogP contribution in [0.2, 0.25) is 5.02 Å². The van der Waals surface area contributed by atoms with Crippen LogP contribution in [0.4, 0.5) is 5.69 Å². The van der Waals surface area contributed by atoms with Crippen LogP contribution in [0.5, 0.6) is 0 Å². The van der Waals surface area contributed by atoms with Crippen molar-refractivity contribution in [2.75, 3.05) is 5.32 Å². The van der Waals surface area contributed by atoms with Gasteiger partial charge in [0.1, 0.15) is 0 Å². The van der Waals surface area contributed by atoms with Crippen molar-refractivity contribution in [2.24, 2.45) is 5.10 Å². The fourth-order valence-corrected chi connectivity index (χ4v) is 3.88. The molecule has 6 heteroatoms. The third kappa shape index (κ3) is 3.26. The zero-order valence-electron chi connectivity index (χ0n) is 15.4. The molecule has 4 aromatic rings. The summed E-state index contributed by atoms with van der Waals surface area (Å²) in [5.41, 5.74) is 8.86. The Balaban J connectivity index is 1.60. The van der Waals surface area contributed by atoms with Gasteiger partial charge in [-0.2, -0.15) is 5.10 Å². The lowest BCUT2D eigenvalue weighted by Crippen LogP contribution is -2.16. The van der Waals surface area contributed by atoms with Gasteiger partial charge in [-0.3, -0.25) is 4.79 Å². The molecule has 0 bridgehead atoms. The highest BCUT2D eigenvalue weighted by Crippen LogP contribution is 2.34. The lowest BCUT2D eigenvalue weighted by Gasteiger charge is -2.09. The van der Waals surface area contributed by atoms with Crippen LogP contribution in [0.1, 0.15) is 21.5 Å². The van der Waals surface area contributed by atoms with Crippen LogP contribution in [0.3, 0.4) is 0 Å². The fourth-order valence-electron chi connectivity index (χ4n) is 3.67. The number of hydrogen-bond donors (Lipinski definition) is 3. The Kier molecular flexibility index (Phi) is 4.30. The standard InChI is InChI=1S/C23H17ClN4O/c24-16-8-4-5-14(9-16)12-25-17-10-18-21-19(13-26-28-23(18)29)22(27-20(21)11-17)15-6-2-1-3-7-15/h1-11,13,25,27H,12H2,(H,28,29). The summed E-state index contributed by atoms with van der Waals surface area (Å²) >= 11 is 6.08. The minimum Gasteiger partial charge on any atom is -0.381 e. The van der Waals surface area contributed by atoms with E-state index in [1.165, 1.54) is 0 Å².